The molecule has 0 aliphatic heterocycles. The molecule has 0 unspecified atom stereocenters. The van der Waals surface area contributed by atoms with Gasteiger partial charge in [0.05, 0.1) is 0 Å². The zero-order valence-corrected chi connectivity index (χ0v) is 17.2. The molecule has 0 atom stereocenters. The second-order valence-electron chi connectivity index (χ2n) is 7.38. The highest BCUT2D eigenvalue weighted by Crippen LogP contribution is 2.27. The van der Waals surface area contributed by atoms with Crippen LogP contribution in [0.25, 0.3) is 0 Å². The molecule has 130 valence electrons. The predicted octanol–water partition coefficient (Wildman–Crippen LogP) is 3.50. The first-order chi connectivity index (χ1) is 10.4. The summed E-state index contributed by atoms with van der Waals surface area (Å²) in [6.07, 6.45) is 4.87. The summed E-state index contributed by atoms with van der Waals surface area (Å²) in [5, 5.41) is 3.31. The molecule has 0 bridgehead atoms. The third-order valence-electron chi connectivity index (χ3n) is 4.08. The third kappa shape index (κ3) is 6.30. The molecular weight excluding hydrogens is 399 g/mol. The number of nitrogens with zero attached hydrogens (tertiary/aromatic N) is 2. The number of nitrogens with one attached hydrogen (secondary N) is 1. The van der Waals surface area contributed by atoms with Crippen LogP contribution in [0.5, 0.6) is 0 Å². The van der Waals surface area contributed by atoms with Crippen molar-refractivity contribution in [2.75, 3.05) is 32.5 Å². The summed E-state index contributed by atoms with van der Waals surface area (Å²) >= 11 is 0. The van der Waals surface area contributed by atoms with E-state index in [-0.39, 0.29) is 29.4 Å². The zero-order valence-electron chi connectivity index (χ0n) is 14.9. The molecule has 0 saturated carbocycles. The maximum atomic E-state index is 6.10. The number of nitrogens with two attached hydrogens (primary N) is 1. The summed E-state index contributed by atoms with van der Waals surface area (Å²) in [6, 6.07) is 6.44. The molecule has 1 aliphatic carbocycles. The monoisotopic (exact) mass is 430 g/mol. The van der Waals surface area contributed by atoms with Crippen LogP contribution in [-0.2, 0) is 12.8 Å². The van der Waals surface area contributed by atoms with Gasteiger partial charge in [0.2, 0.25) is 0 Å². The number of aryl methyl sites for hydroxylation is 1. The Kier molecular flexibility index (Phi) is 7.80. The molecule has 0 radical (unpaired) electrons. The van der Waals surface area contributed by atoms with Gasteiger partial charge in [-0.25, -0.2) is 0 Å². The van der Waals surface area contributed by atoms with E-state index in [0.29, 0.717) is 5.96 Å². The molecule has 0 aromatic heterocycles. The van der Waals surface area contributed by atoms with Gasteiger partial charge in [-0.3, -0.25) is 4.99 Å². The van der Waals surface area contributed by atoms with Crippen LogP contribution in [0.4, 0.5) is 5.69 Å². The molecule has 0 amide bonds. The maximum Gasteiger partial charge on any atom is 0.193 e. The SMILES string of the molecule is CN(C)CC(C)(C)CN=C(N)Nc1cccc2c1CCCC2.I. The van der Waals surface area contributed by atoms with Gasteiger partial charge in [0, 0.05) is 18.8 Å². The minimum atomic E-state index is 0. The first kappa shape index (κ1) is 20.2. The summed E-state index contributed by atoms with van der Waals surface area (Å²) in [4.78, 5) is 6.74. The first-order valence-corrected chi connectivity index (χ1v) is 8.20. The van der Waals surface area contributed by atoms with Crippen molar-refractivity contribution in [3.8, 4) is 0 Å². The van der Waals surface area contributed by atoms with Crippen molar-refractivity contribution in [3.05, 3.63) is 29.3 Å². The number of hydrogen-bond acceptors (Lipinski definition) is 2. The molecule has 5 heteroatoms. The Morgan fingerprint density at radius 2 is 1.96 bits per heavy atom. The van der Waals surface area contributed by atoms with Gasteiger partial charge in [-0.1, -0.05) is 26.0 Å². The summed E-state index contributed by atoms with van der Waals surface area (Å²) in [5.41, 5.74) is 10.2. The lowest BCUT2D eigenvalue weighted by atomic mass is 9.90. The Morgan fingerprint density at radius 3 is 2.65 bits per heavy atom. The average molecular weight is 430 g/mol. The van der Waals surface area contributed by atoms with Gasteiger partial charge in [0.25, 0.3) is 0 Å². The van der Waals surface area contributed by atoms with Crippen molar-refractivity contribution in [2.24, 2.45) is 16.1 Å². The van der Waals surface area contributed by atoms with Gasteiger partial charge >= 0.3 is 0 Å². The number of hydrogen-bond donors (Lipinski definition) is 2. The molecule has 4 nitrogen and oxygen atoms in total. The maximum absolute atomic E-state index is 6.10. The van der Waals surface area contributed by atoms with Crippen molar-refractivity contribution < 1.29 is 0 Å². The highest BCUT2D eigenvalue weighted by molar-refractivity contribution is 14.0. The van der Waals surface area contributed by atoms with Crippen molar-refractivity contribution >= 4 is 35.6 Å². The normalized spacial score (nSPS) is 15.1. The van der Waals surface area contributed by atoms with Gasteiger partial charge in [0.1, 0.15) is 0 Å². The average Bonchev–Trinajstić information content (AvgIpc) is 2.44. The highest BCUT2D eigenvalue weighted by atomic mass is 127. The molecular formula is C18H31IN4. The Labute approximate surface area is 157 Å². The van der Waals surface area contributed by atoms with Crippen LogP contribution in [-0.4, -0.2) is 38.0 Å². The number of aliphatic imine (C=N–C) groups is 1. The number of rotatable bonds is 5. The van der Waals surface area contributed by atoms with E-state index in [1.54, 1.807) is 0 Å². The van der Waals surface area contributed by atoms with Gasteiger partial charge in [-0.2, -0.15) is 0 Å². The quantitative estimate of drug-likeness (QED) is 0.427. The molecule has 1 aromatic carbocycles. The summed E-state index contributed by atoms with van der Waals surface area (Å²) < 4.78 is 0. The molecule has 23 heavy (non-hydrogen) atoms. The van der Waals surface area contributed by atoms with Gasteiger partial charge in [-0.05, 0) is 62.4 Å². The highest BCUT2D eigenvalue weighted by Gasteiger charge is 2.19. The Morgan fingerprint density at radius 1 is 1.26 bits per heavy atom. The van der Waals surface area contributed by atoms with Crippen LogP contribution < -0.4 is 11.1 Å². The molecule has 1 aliphatic rings. The standard InChI is InChI=1S/C18H30N4.HI/c1-18(2,13-22(3)4)12-20-17(19)21-16-11-7-9-14-8-5-6-10-15(14)16;/h7,9,11H,5-6,8,10,12-13H2,1-4H3,(H3,19,20,21);1H. The topological polar surface area (TPSA) is 53.6 Å². The summed E-state index contributed by atoms with van der Waals surface area (Å²) in [7, 11) is 4.17. The van der Waals surface area contributed by atoms with Gasteiger partial charge in [-0.15, -0.1) is 24.0 Å². The van der Waals surface area contributed by atoms with E-state index in [0.717, 1.165) is 25.2 Å². The van der Waals surface area contributed by atoms with E-state index in [1.807, 2.05) is 0 Å². The van der Waals surface area contributed by atoms with E-state index >= 15 is 0 Å². The lowest BCUT2D eigenvalue weighted by Gasteiger charge is -2.26. The molecule has 0 saturated heterocycles. The van der Waals surface area contributed by atoms with E-state index in [9.17, 15) is 0 Å². The minimum absolute atomic E-state index is 0. The number of fused-ring (bicyclic) bond motifs is 1. The van der Waals surface area contributed by atoms with Crippen LogP contribution in [0.3, 0.4) is 0 Å². The Balaban J connectivity index is 0.00000264. The van der Waals surface area contributed by atoms with Crippen molar-refractivity contribution in [1.82, 2.24) is 4.90 Å². The number of halogens is 1. The van der Waals surface area contributed by atoms with E-state index in [4.69, 9.17) is 5.73 Å². The predicted molar refractivity (Wildman–Crippen MR) is 111 cm³/mol. The zero-order chi connectivity index (χ0) is 16.2. The molecule has 1 aromatic rings. The smallest absolute Gasteiger partial charge is 0.193 e. The van der Waals surface area contributed by atoms with E-state index in [1.165, 1.54) is 30.4 Å². The van der Waals surface area contributed by atoms with Gasteiger partial charge < -0.3 is 16.0 Å². The van der Waals surface area contributed by atoms with Crippen LogP contribution in [0, 0.1) is 5.41 Å². The summed E-state index contributed by atoms with van der Waals surface area (Å²) in [5.74, 6) is 0.519. The van der Waals surface area contributed by atoms with Gasteiger partial charge in [0.15, 0.2) is 5.96 Å². The lowest BCUT2D eigenvalue weighted by molar-refractivity contribution is 0.249. The van der Waals surface area contributed by atoms with Crippen LogP contribution >= 0.6 is 24.0 Å². The van der Waals surface area contributed by atoms with Crippen molar-refractivity contribution in [1.29, 1.82) is 0 Å². The number of benzene rings is 1. The van der Waals surface area contributed by atoms with E-state index in [2.05, 4.69) is 61.4 Å². The Hall–Kier alpha value is -0.820. The largest absolute Gasteiger partial charge is 0.370 e. The minimum Gasteiger partial charge on any atom is -0.370 e. The van der Waals surface area contributed by atoms with E-state index < -0.39 is 0 Å². The lowest BCUT2D eigenvalue weighted by Crippen LogP contribution is -2.33. The Bertz CT molecular complexity index is 538. The van der Waals surface area contributed by atoms with Crippen molar-refractivity contribution in [3.63, 3.8) is 0 Å². The van der Waals surface area contributed by atoms with Crippen LogP contribution in [0.1, 0.15) is 37.8 Å². The molecule has 0 fully saturated rings. The number of anilines is 1. The molecule has 0 spiro atoms. The fourth-order valence-corrected chi connectivity index (χ4v) is 3.28. The second-order valence-corrected chi connectivity index (χ2v) is 7.38. The molecule has 2 rings (SSSR count). The summed E-state index contributed by atoms with van der Waals surface area (Å²) in [6.45, 7) is 6.14. The number of guanidine groups is 1. The van der Waals surface area contributed by atoms with Crippen molar-refractivity contribution in [2.45, 2.75) is 39.5 Å². The fourth-order valence-electron chi connectivity index (χ4n) is 3.28. The van der Waals surface area contributed by atoms with Crippen LogP contribution in [0.15, 0.2) is 23.2 Å². The first-order valence-electron chi connectivity index (χ1n) is 8.20. The fraction of sp³-hybridized carbons (Fsp3) is 0.611. The molecule has 3 N–H and O–H groups in total. The van der Waals surface area contributed by atoms with Crippen LogP contribution in [0.2, 0.25) is 0 Å². The third-order valence-corrected chi connectivity index (χ3v) is 4.08. The second kappa shape index (κ2) is 8.87. The molecule has 0 heterocycles.